The molecule has 3 nitrogen and oxygen atoms in total. The molecule has 0 saturated heterocycles. The average molecular weight is 346 g/mol. The fourth-order valence-corrected chi connectivity index (χ4v) is 2.46. The zero-order valence-electron chi connectivity index (χ0n) is 11.9. The Kier molecular flexibility index (Phi) is 5.17. The quantitative estimate of drug-likeness (QED) is 0.833. The Labute approximate surface area is 132 Å². The molecule has 0 radical (unpaired) electrons. The molecule has 2 aromatic rings. The van der Waals surface area contributed by atoms with E-state index in [1.165, 1.54) is 6.08 Å². The normalized spacial score (nSPS) is 10.6. The fourth-order valence-electron chi connectivity index (χ4n) is 1.87. The van der Waals surface area contributed by atoms with E-state index in [4.69, 9.17) is 4.74 Å². The Bertz CT molecular complexity index is 680. The number of carbonyl (C=O) groups excluding carboxylic acids is 1. The van der Waals surface area contributed by atoms with Gasteiger partial charge in [-0.05, 0) is 52.7 Å². The Hall–Kier alpha value is -2.07. The summed E-state index contributed by atoms with van der Waals surface area (Å²) in [5, 5.41) is 2.83. The van der Waals surface area contributed by atoms with Crippen LogP contribution >= 0.6 is 15.9 Å². The van der Waals surface area contributed by atoms with Crippen LogP contribution in [0.2, 0.25) is 0 Å². The lowest BCUT2D eigenvalue weighted by molar-refractivity contribution is -0.111. The highest BCUT2D eigenvalue weighted by Gasteiger charge is 2.03. The third-order valence-corrected chi connectivity index (χ3v) is 3.59. The molecule has 0 fully saturated rings. The van der Waals surface area contributed by atoms with Crippen molar-refractivity contribution in [2.75, 3.05) is 12.4 Å². The predicted octanol–water partition coefficient (Wildman–Crippen LogP) is 4.42. The summed E-state index contributed by atoms with van der Waals surface area (Å²) < 4.78 is 6.10. The van der Waals surface area contributed by atoms with Crippen molar-refractivity contribution in [2.45, 2.75) is 6.92 Å². The first-order chi connectivity index (χ1) is 10.1. The van der Waals surface area contributed by atoms with Gasteiger partial charge in [-0.2, -0.15) is 0 Å². The van der Waals surface area contributed by atoms with Gasteiger partial charge in [-0.15, -0.1) is 0 Å². The number of para-hydroxylation sites is 1. The van der Waals surface area contributed by atoms with Crippen molar-refractivity contribution in [2.24, 2.45) is 0 Å². The first-order valence-corrected chi connectivity index (χ1v) is 7.27. The van der Waals surface area contributed by atoms with Crippen molar-refractivity contribution in [3.8, 4) is 5.75 Å². The topological polar surface area (TPSA) is 38.3 Å². The molecule has 4 heteroatoms. The summed E-state index contributed by atoms with van der Waals surface area (Å²) in [6.07, 6.45) is 3.22. The van der Waals surface area contributed by atoms with E-state index < -0.39 is 0 Å². The van der Waals surface area contributed by atoms with Crippen molar-refractivity contribution in [1.29, 1.82) is 0 Å². The van der Waals surface area contributed by atoms with Crippen LogP contribution < -0.4 is 10.1 Å². The third kappa shape index (κ3) is 4.20. The molecule has 0 spiro atoms. The van der Waals surface area contributed by atoms with Crippen molar-refractivity contribution in [1.82, 2.24) is 0 Å². The molecule has 0 atom stereocenters. The number of halogens is 1. The van der Waals surface area contributed by atoms with Crippen molar-refractivity contribution in [3.63, 3.8) is 0 Å². The molecule has 1 amide bonds. The lowest BCUT2D eigenvalue weighted by Crippen LogP contribution is -2.08. The number of nitrogens with one attached hydrogen (secondary N) is 1. The number of ether oxygens (including phenoxy) is 1. The predicted molar refractivity (Wildman–Crippen MR) is 89.5 cm³/mol. The van der Waals surface area contributed by atoms with Gasteiger partial charge in [0.05, 0.1) is 12.8 Å². The van der Waals surface area contributed by atoms with Crippen LogP contribution in [0.5, 0.6) is 5.75 Å². The number of methoxy groups -OCH3 is 1. The van der Waals surface area contributed by atoms with Gasteiger partial charge in [-0.25, -0.2) is 0 Å². The number of aryl methyl sites for hydroxylation is 1. The van der Waals surface area contributed by atoms with E-state index in [9.17, 15) is 4.79 Å². The van der Waals surface area contributed by atoms with Gasteiger partial charge in [-0.1, -0.05) is 24.3 Å². The number of rotatable bonds is 4. The smallest absolute Gasteiger partial charge is 0.248 e. The molecule has 0 aliphatic carbocycles. The molecular weight excluding hydrogens is 330 g/mol. The minimum atomic E-state index is -0.189. The van der Waals surface area contributed by atoms with Crippen molar-refractivity contribution < 1.29 is 9.53 Å². The van der Waals surface area contributed by atoms with E-state index in [0.717, 1.165) is 27.0 Å². The van der Waals surface area contributed by atoms with Crippen LogP contribution in [0.1, 0.15) is 11.1 Å². The van der Waals surface area contributed by atoms with Gasteiger partial charge in [-0.3, -0.25) is 4.79 Å². The molecule has 0 aliphatic heterocycles. The molecule has 2 aromatic carbocycles. The zero-order chi connectivity index (χ0) is 15.2. The summed E-state index contributed by atoms with van der Waals surface area (Å²) in [7, 11) is 1.61. The SMILES string of the molecule is COc1ccccc1C=CC(=O)Nc1ccc(C)cc1Br. The molecule has 0 saturated carbocycles. The highest BCUT2D eigenvalue weighted by Crippen LogP contribution is 2.23. The number of benzene rings is 2. The Morgan fingerprint density at radius 2 is 2.00 bits per heavy atom. The van der Waals surface area contributed by atoms with Crippen LogP contribution in [0.15, 0.2) is 53.0 Å². The van der Waals surface area contributed by atoms with Gasteiger partial charge in [0.25, 0.3) is 0 Å². The Balaban J connectivity index is 2.09. The van der Waals surface area contributed by atoms with Gasteiger partial charge in [0, 0.05) is 16.1 Å². The van der Waals surface area contributed by atoms with Crippen LogP contribution in [0.25, 0.3) is 6.08 Å². The molecule has 21 heavy (non-hydrogen) atoms. The highest BCUT2D eigenvalue weighted by atomic mass is 79.9. The van der Waals surface area contributed by atoms with E-state index in [0.29, 0.717) is 0 Å². The van der Waals surface area contributed by atoms with Crippen LogP contribution in [-0.4, -0.2) is 13.0 Å². The number of amides is 1. The molecule has 0 heterocycles. The van der Waals surface area contributed by atoms with E-state index in [2.05, 4.69) is 21.2 Å². The second-order valence-corrected chi connectivity index (χ2v) is 5.40. The van der Waals surface area contributed by atoms with Gasteiger partial charge < -0.3 is 10.1 Å². The van der Waals surface area contributed by atoms with E-state index >= 15 is 0 Å². The van der Waals surface area contributed by atoms with Gasteiger partial charge in [0.15, 0.2) is 0 Å². The summed E-state index contributed by atoms with van der Waals surface area (Å²) in [6, 6.07) is 13.3. The largest absolute Gasteiger partial charge is 0.496 e. The van der Waals surface area contributed by atoms with Crippen molar-refractivity contribution >= 4 is 33.6 Å². The fraction of sp³-hybridized carbons (Fsp3) is 0.118. The molecule has 108 valence electrons. The molecule has 0 bridgehead atoms. The Morgan fingerprint density at radius 3 is 2.71 bits per heavy atom. The second kappa shape index (κ2) is 7.09. The first-order valence-electron chi connectivity index (χ1n) is 6.48. The molecule has 2 rings (SSSR count). The van der Waals surface area contributed by atoms with Crippen LogP contribution in [0.4, 0.5) is 5.69 Å². The molecule has 0 unspecified atom stereocenters. The summed E-state index contributed by atoms with van der Waals surface area (Å²) in [5.74, 6) is 0.545. The summed E-state index contributed by atoms with van der Waals surface area (Å²) in [6.45, 7) is 2.00. The molecule has 1 N–H and O–H groups in total. The minimum Gasteiger partial charge on any atom is -0.496 e. The van der Waals surface area contributed by atoms with Crippen LogP contribution in [0.3, 0.4) is 0 Å². The zero-order valence-corrected chi connectivity index (χ0v) is 13.5. The van der Waals surface area contributed by atoms with Crippen LogP contribution in [-0.2, 0) is 4.79 Å². The summed E-state index contributed by atoms with van der Waals surface area (Å²) in [4.78, 5) is 12.0. The van der Waals surface area contributed by atoms with E-state index in [-0.39, 0.29) is 5.91 Å². The summed E-state index contributed by atoms with van der Waals surface area (Å²) >= 11 is 3.44. The van der Waals surface area contributed by atoms with E-state index in [1.54, 1.807) is 13.2 Å². The molecule has 0 aromatic heterocycles. The standard InChI is InChI=1S/C17H16BrNO2/c1-12-7-9-15(14(18)11-12)19-17(20)10-8-13-5-3-4-6-16(13)21-2/h3-11H,1-2H3,(H,19,20). The summed E-state index contributed by atoms with van der Waals surface area (Å²) in [5.41, 5.74) is 2.73. The van der Waals surface area contributed by atoms with Gasteiger partial charge >= 0.3 is 0 Å². The average Bonchev–Trinajstić information content (AvgIpc) is 2.48. The Morgan fingerprint density at radius 1 is 1.24 bits per heavy atom. The van der Waals surface area contributed by atoms with E-state index in [1.807, 2.05) is 49.4 Å². The third-order valence-electron chi connectivity index (χ3n) is 2.94. The van der Waals surface area contributed by atoms with Crippen LogP contribution in [0, 0.1) is 6.92 Å². The monoisotopic (exact) mass is 345 g/mol. The first kappa shape index (κ1) is 15.3. The number of anilines is 1. The second-order valence-electron chi connectivity index (χ2n) is 4.55. The molecular formula is C17H16BrNO2. The van der Waals surface area contributed by atoms with Crippen molar-refractivity contribution in [3.05, 3.63) is 64.1 Å². The number of carbonyl (C=O) groups is 1. The maximum atomic E-state index is 12.0. The lowest BCUT2D eigenvalue weighted by atomic mass is 10.2. The lowest BCUT2D eigenvalue weighted by Gasteiger charge is -2.06. The number of hydrogen-bond acceptors (Lipinski definition) is 2. The van der Waals surface area contributed by atoms with Gasteiger partial charge in [0.1, 0.15) is 5.75 Å². The molecule has 0 aliphatic rings. The number of hydrogen-bond donors (Lipinski definition) is 1. The maximum Gasteiger partial charge on any atom is 0.248 e. The minimum absolute atomic E-state index is 0.189. The maximum absolute atomic E-state index is 12.0. The highest BCUT2D eigenvalue weighted by molar-refractivity contribution is 9.10. The van der Waals surface area contributed by atoms with Gasteiger partial charge in [0.2, 0.25) is 5.91 Å².